The number of amides is 1. The van der Waals surface area contributed by atoms with E-state index >= 15 is 0 Å². The van der Waals surface area contributed by atoms with E-state index in [0.717, 1.165) is 31.9 Å². The average molecular weight is 392 g/mol. The number of carbonyl (C=O) groups is 1. The highest BCUT2D eigenvalue weighted by molar-refractivity contribution is 7.21. The second-order valence-corrected chi connectivity index (χ2v) is 7.79. The molecule has 0 bridgehead atoms. The average Bonchev–Trinajstić information content (AvgIpc) is 3.34. The number of rotatable bonds is 4. The van der Waals surface area contributed by atoms with Crippen LogP contribution in [0.3, 0.4) is 0 Å². The summed E-state index contributed by atoms with van der Waals surface area (Å²) in [6.45, 7) is 1.83. The van der Waals surface area contributed by atoms with Crippen LogP contribution in [0.4, 0.5) is 5.82 Å². The molecule has 142 valence electrons. The Bertz CT molecular complexity index is 1130. The molecule has 4 rings (SSSR count). The third-order valence-corrected chi connectivity index (χ3v) is 5.64. The molecule has 1 aromatic carbocycles. The lowest BCUT2D eigenvalue weighted by atomic mass is 10.1. The number of aromatic nitrogens is 4. The van der Waals surface area contributed by atoms with Crippen LogP contribution in [-0.4, -0.2) is 44.7 Å². The quantitative estimate of drug-likeness (QED) is 0.574. The first-order chi connectivity index (χ1) is 13.4. The molecule has 0 aliphatic rings. The lowest BCUT2D eigenvalue weighted by Gasteiger charge is -2.16. The third-order valence-electron chi connectivity index (χ3n) is 4.57. The number of benzene rings is 1. The molecular formula is C20H20N6OS. The lowest BCUT2D eigenvalue weighted by Crippen LogP contribution is -2.30. The first-order valence-electron chi connectivity index (χ1n) is 8.81. The minimum absolute atomic E-state index is 0.0137. The van der Waals surface area contributed by atoms with Gasteiger partial charge in [0.05, 0.1) is 22.0 Å². The maximum absolute atomic E-state index is 12.2. The van der Waals surface area contributed by atoms with Crippen LogP contribution in [-0.2, 0) is 4.79 Å². The zero-order valence-corrected chi connectivity index (χ0v) is 16.6. The van der Waals surface area contributed by atoms with E-state index < -0.39 is 0 Å². The van der Waals surface area contributed by atoms with Crippen LogP contribution in [0.15, 0.2) is 48.9 Å². The molecule has 8 heteroatoms. The summed E-state index contributed by atoms with van der Waals surface area (Å²) >= 11 is 1.58. The molecule has 7 nitrogen and oxygen atoms in total. The van der Waals surface area contributed by atoms with Gasteiger partial charge in [-0.3, -0.25) is 9.48 Å². The summed E-state index contributed by atoms with van der Waals surface area (Å²) in [6, 6.07) is 9.57. The third kappa shape index (κ3) is 3.22. The van der Waals surface area contributed by atoms with E-state index in [1.165, 1.54) is 0 Å². The van der Waals surface area contributed by atoms with Gasteiger partial charge in [0.15, 0.2) is 0 Å². The highest BCUT2D eigenvalue weighted by Crippen LogP contribution is 2.34. The Morgan fingerprint density at radius 3 is 2.75 bits per heavy atom. The van der Waals surface area contributed by atoms with Crippen molar-refractivity contribution in [2.45, 2.75) is 13.0 Å². The summed E-state index contributed by atoms with van der Waals surface area (Å²) in [4.78, 5) is 22.8. The maximum Gasteiger partial charge on any atom is 0.246 e. The maximum atomic E-state index is 12.2. The van der Waals surface area contributed by atoms with Gasteiger partial charge in [-0.2, -0.15) is 5.10 Å². The van der Waals surface area contributed by atoms with Gasteiger partial charge in [-0.05, 0) is 25.1 Å². The standard InChI is InChI=1S/C20H20N6OS/c1-12(20(27)25(2)3)26-11-14(10-23-26)13-8-15(18(21)22-9-13)19-24-16-6-4-5-7-17(16)28-19/h4-12H,1-3H3,(H2,21,22). The van der Waals surface area contributed by atoms with Gasteiger partial charge in [-0.15, -0.1) is 11.3 Å². The van der Waals surface area contributed by atoms with Crippen LogP contribution >= 0.6 is 11.3 Å². The summed E-state index contributed by atoms with van der Waals surface area (Å²) < 4.78 is 2.76. The number of fused-ring (bicyclic) bond motifs is 1. The summed E-state index contributed by atoms with van der Waals surface area (Å²) in [5, 5.41) is 5.18. The minimum Gasteiger partial charge on any atom is -0.383 e. The molecule has 0 saturated heterocycles. The Balaban J connectivity index is 1.70. The Morgan fingerprint density at radius 2 is 2.00 bits per heavy atom. The van der Waals surface area contributed by atoms with Gasteiger partial charge in [0.25, 0.3) is 0 Å². The van der Waals surface area contributed by atoms with Crippen LogP contribution in [0.5, 0.6) is 0 Å². The van der Waals surface area contributed by atoms with E-state index in [4.69, 9.17) is 5.73 Å². The number of nitrogens with two attached hydrogens (primary N) is 1. The molecule has 1 atom stereocenters. The van der Waals surface area contributed by atoms with Gasteiger partial charge in [-0.25, -0.2) is 9.97 Å². The predicted octanol–water partition coefficient (Wildman–Crippen LogP) is 3.45. The number of pyridine rings is 1. The molecule has 2 N–H and O–H groups in total. The van der Waals surface area contributed by atoms with E-state index in [9.17, 15) is 4.79 Å². The minimum atomic E-state index is -0.380. The zero-order valence-electron chi connectivity index (χ0n) is 15.8. The fraction of sp³-hybridized carbons (Fsp3) is 0.200. The van der Waals surface area contributed by atoms with Gasteiger partial charge in [0.2, 0.25) is 5.91 Å². The normalized spacial score (nSPS) is 12.2. The Hall–Kier alpha value is -3.26. The number of hydrogen-bond acceptors (Lipinski definition) is 6. The van der Waals surface area contributed by atoms with Crippen LogP contribution in [0.25, 0.3) is 31.9 Å². The van der Waals surface area contributed by atoms with E-state index in [1.807, 2.05) is 43.5 Å². The van der Waals surface area contributed by atoms with Crippen molar-refractivity contribution in [1.82, 2.24) is 24.6 Å². The molecule has 0 saturated carbocycles. The van der Waals surface area contributed by atoms with Gasteiger partial charge < -0.3 is 10.6 Å². The van der Waals surface area contributed by atoms with Gasteiger partial charge in [0.1, 0.15) is 16.9 Å². The van der Waals surface area contributed by atoms with Crippen molar-refractivity contribution in [3.05, 3.63) is 48.9 Å². The number of thiazole rings is 1. The number of likely N-dealkylation sites (N-methyl/N-ethyl adjacent to an activating group) is 1. The first-order valence-corrected chi connectivity index (χ1v) is 9.63. The molecule has 1 unspecified atom stereocenters. The highest BCUT2D eigenvalue weighted by atomic mass is 32.1. The van der Waals surface area contributed by atoms with Crippen molar-refractivity contribution >= 4 is 33.3 Å². The topological polar surface area (TPSA) is 89.9 Å². The monoisotopic (exact) mass is 392 g/mol. The number of para-hydroxylation sites is 1. The molecule has 28 heavy (non-hydrogen) atoms. The number of nitrogen functional groups attached to an aromatic ring is 1. The largest absolute Gasteiger partial charge is 0.383 e. The SMILES string of the molecule is CC(C(=O)N(C)C)n1cc(-c2cnc(N)c(-c3nc4ccccc4s3)c2)cn1. The summed E-state index contributed by atoms with van der Waals surface area (Å²) in [5.74, 6) is 0.423. The highest BCUT2D eigenvalue weighted by Gasteiger charge is 2.18. The van der Waals surface area contributed by atoms with Crippen LogP contribution in [0.1, 0.15) is 13.0 Å². The molecule has 1 amide bonds. The molecule has 0 fully saturated rings. The van der Waals surface area contributed by atoms with Crippen molar-refractivity contribution in [2.24, 2.45) is 0 Å². The van der Waals surface area contributed by atoms with Crippen molar-refractivity contribution < 1.29 is 4.79 Å². The molecule has 0 aliphatic heterocycles. The van der Waals surface area contributed by atoms with E-state index in [-0.39, 0.29) is 11.9 Å². The number of hydrogen-bond donors (Lipinski definition) is 1. The zero-order chi connectivity index (χ0) is 19.8. The van der Waals surface area contributed by atoms with Crippen molar-refractivity contribution in [1.29, 1.82) is 0 Å². The molecule has 3 aromatic heterocycles. The van der Waals surface area contributed by atoms with Gasteiger partial charge >= 0.3 is 0 Å². The summed E-state index contributed by atoms with van der Waals surface area (Å²) in [6.07, 6.45) is 5.29. The van der Waals surface area contributed by atoms with Crippen molar-refractivity contribution in [2.75, 3.05) is 19.8 Å². The van der Waals surface area contributed by atoms with Gasteiger partial charge in [-0.1, -0.05) is 12.1 Å². The van der Waals surface area contributed by atoms with E-state index in [0.29, 0.717) is 5.82 Å². The Morgan fingerprint density at radius 1 is 1.21 bits per heavy atom. The van der Waals surface area contributed by atoms with Crippen LogP contribution in [0, 0.1) is 0 Å². The fourth-order valence-corrected chi connectivity index (χ4v) is 3.97. The number of anilines is 1. The second kappa shape index (κ2) is 7.05. The fourth-order valence-electron chi connectivity index (χ4n) is 2.98. The second-order valence-electron chi connectivity index (χ2n) is 6.76. The summed E-state index contributed by atoms with van der Waals surface area (Å²) in [5.41, 5.74) is 9.61. The van der Waals surface area contributed by atoms with Crippen molar-refractivity contribution in [3.8, 4) is 21.7 Å². The summed E-state index contributed by atoms with van der Waals surface area (Å²) in [7, 11) is 3.47. The molecular weight excluding hydrogens is 372 g/mol. The Labute approximate surface area is 166 Å². The number of carbonyl (C=O) groups excluding carboxylic acids is 1. The smallest absolute Gasteiger partial charge is 0.246 e. The lowest BCUT2D eigenvalue weighted by molar-refractivity contribution is -0.131. The van der Waals surface area contributed by atoms with Crippen LogP contribution < -0.4 is 5.73 Å². The molecule has 4 aromatic rings. The predicted molar refractivity (Wildman–Crippen MR) is 112 cm³/mol. The Kier molecular flexibility index (Phi) is 4.56. The number of nitrogens with zero attached hydrogens (tertiary/aromatic N) is 5. The molecule has 0 radical (unpaired) electrons. The van der Waals surface area contributed by atoms with Gasteiger partial charge in [0, 0.05) is 37.6 Å². The van der Waals surface area contributed by atoms with E-state index in [2.05, 4.69) is 15.1 Å². The van der Waals surface area contributed by atoms with E-state index in [1.54, 1.807) is 47.4 Å². The van der Waals surface area contributed by atoms with Crippen molar-refractivity contribution in [3.63, 3.8) is 0 Å². The molecule has 0 spiro atoms. The van der Waals surface area contributed by atoms with Crippen LogP contribution in [0.2, 0.25) is 0 Å². The first kappa shape index (κ1) is 18.1. The molecule has 0 aliphatic carbocycles. The molecule has 3 heterocycles.